The van der Waals surface area contributed by atoms with Crippen molar-refractivity contribution in [2.45, 2.75) is 32.4 Å². The summed E-state index contributed by atoms with van der Waals surface area (Å²) in [6.45, 7) is 3.13. The van der Waals surface area contributed by atoms with Gasteiger partial charge < -0.3 is 20.3 Å². The molecule has 2 aromatic rings. The molecule has 27 heavy (non-hydrogen) atoms. The molecule has 1 aromatic heterocycles. The van der Waals surface area contributed by atoms with E-state index in [9.17, 15) is 9.59 Å². The molecule has 1 atom stereocenters. The van der Waals surface area contributed by atoms with Crippen molar-refractivity contribution in [2.75, 3.05) is 23.8 Å². The van der Waals surface area contributed by atoms with E-state index in [2.05, 4.69) is 15.7 Å². The third-order valence-electron chi connectivity index (χ3n) is 5.20. The highest BCUT2D eigenvalue weighted by atomic mass is 16.5. The van der Waals surface area contributed by atoms with Crippen LogP contribution >= 0.6 is 0 Å². The molecule has 2 aliphatic rings. The number of nitrogens with zero attached hydrogens (tertiary/aromatic N) is 3. The predicted molar refractivity (Wildman–Crippen MR) is 101 cm³/mol. The first-order valence-electron chi connectivity index (χ1n) is 9.06. The molecule has 1 aliphatic heterocycles. The minimum Gasteiger partial charge on any atom is -0.479 e. The number of fused-ring (bicyclic) bond motifs is 1. The molecular formula is C19H23N5O3. The number of hydrogen-bond donors (Lipinski definition) is 2. The number of likely N-dealkylation sites (N-methyl/N-ethyl adjacent to an activating group) is 1. The largest absolute Gasteiger partial charge is 0.479 e. The number of ether oxygens (including phenoxy) is 1. The van der Waals surface area contributed by atoms with E-state index in [0.29, 0.717) is 23.7 Å². The van der Waals surface area contributed by atoms with Crippen LogP contribution in [-0.4, -0.2) is 41.4 Å². The van der Waals surface area contributed by atoms with E-state index in [1.807, 2.05) is 16.9 Å². The Morgan fingerprint density at radius 3 is 2.93 bits per heavy atom. The molecule has 1 aromatic carbocycles. The Bertz CT molecular complexity index is 860. The van der Waals surface area contributed by atoms with Gasteiger partial charge in [-0.1, -0.05) is 0 Å². The zero-order valence-electron chi connectivity index (χ0n) is 15.4. The van der Waals surface area contributed by atoms with E-state index in [1.165, 1.54) is 0 Å². The molecule has 1 fully saturated rings. The van der Waals surface area contributed by atoms with Gasteiger partial charge in [0, 0.05) is 49.7 Å². The van der Waals surface area contributed by atoms with Crippen LogP contribution in [0.1, 0.15) is 19.8 Å². The van der Waals surface area contributed by atoms with Crippen LogP contribution in [-0.2, 0) is 11.3 Å². The Balaban J connectivity index is 1.35. The summed E-state index contributed by atoms with van der Waals surface area (Å²) in [7, 11) is 1.72. The second-order valence-electron chi connectivity index (χ2n) is 7.35. The van der Waals surface area contributed by atoms with Gasteiger partial charge in [0.15, 0.2) is 6.10 Å². The van der Waals surface area contributed by atoms with E-state index in [-0.39, 0.29) is 17.4 Å². The number of urea groups is 1. The van der Waals surface area contributed by atoms with Crippen LogP contribution in [0.4, 0.5) is 16.2 Å². The van der Waals surface area contributed by atoms with Gasteiger partial charge >= 0.3 is 6.03 Å². The Labute approximate surface area is 157 Å². The topological polar surface area (TPSA) is 88.5 Å². The number of hydrogen-bond acceptors (Lipinski definition) is 4. The van der Waals surface area contributed by atoms with Crippen molar-refractivity contribution in [3.8, 4) is 5.75 Å². The first-order valence-corrected chi connectivity index (χ1v) is 9.06. The molecule has 2 N–H and O–H groups in total. The first-order chi connectivity index (χ1) is 13.0. The third kappa shape index (κ3) is 3.60. The van der Waals surface area contributed by atoms with Gasteiger partial charge in [0.2, 0.25) is 0 Å². The van der Waals surface area contributed by atoms with Crippen LogP contribution in [0.25, 0.3) is 0 Å². The molecular weight excluding hydrogens is 346 g/mol. The van der Waals surface area contributed by atoms with Crippen LogP contribution < -0.4 is 20.3 Å². The molecule has 8 nitrogen and oxygen atoms in total. The quantitative estimate of drug-likeness (QED) is 0.846. The molecule has 2 heterocycles. The second-order valence-corrected chi connectivity index (χ2v) is 7.35. The third-order valence-corrected chi connectivity index (χ3v) is 5.20. The van der Waals surface area contributed by atoms with Crippen molar-refractivity contribution in [3.05, 3.63) is 36.7 Å². The van der Waals surface area contributed by atoms with Crippen LogP contribution in [0, 0.1) is 5.41 Å². The molecule has 4 rings (SSSR count). The van der Waals surface area contributed by atoms with Gasteiger partial charge in [0.1, 0.15) is 5.75 Å². The number of benzene rings is 1. The molecule has 3 amide bonds. The van der Waals surface area contributed by atoms with Crippen molar-refractivity contribution in [1.82, 2.24) is 15.1 Å². The van der Waals surface area contributed by atoms with Gasteiger partial charge in [-0.15, -0.1) is 0 Å². The SMILES string of the molecule is CC1Oc2cc(NC(=O)NCC3(Cn4cccn4)CC3)ccc2N(C)C1=O. The average Bonchev–Trinajstić information content (AvgIpc) is 3.21. The van der Waals surface area contributed by atoms with E-state index in [1.54, 1.807) is 43.3 Å². The van der Waals surface area contributed by atoms with E-state index in [0.717, 1.165) is 19.4 Å². The lowest BCUT2D eigenvalue weighted by Gasteiger charge is -2.30. The Morgan fingerprint density at radius 2 is 2.22 bits per heavy atom. The van der Waals surface area contributed by atoms with Crippen molar-refractivity contribution >= 4 is 23.3 Å². The highest BCUT2D eigenvalue weighted by molar-refractivity contribution is 6.00. The van der Waals surface area contributed by atoms with E-state index >= 15 is 0 Å². The smallest absolute Gasteiger partial charge is 0.319 e. The first kappa shape index (κ1) is 17.4. The fourth-order valence-corrected chi connectivity index (χ4v) is 3.34. The molecule has 0 saturated heterocycles. The number of amides is 3. The summed E-state index contributed by atoms with van der Waals surface area (Å²) in [5, 5.41) is 10.0. The number of nitrogens with one attached hydrogen (secondary N) is 2. The fraction of sp³-hybridized carbons (Fsp3) is 0.421. The van der Waals surface area contributed by atoms with Gasteiger partial charge in [-0.2, -0.15) is 5.10 Å². The van der Waals surface area contributed by atoms with E-state index < -0.39 is 6.10 Å². The lowest BCUT2D eigenvalue weighted by molar-refractivity contribution is -0.125. The summed E-state index contributed by atoms with van der Waals surface area (Å²) in [5.74, 6) is 0.493. The summed E-state index contributed by atoms with van der Waals surface area (Å²) >= 11 is 0. The van der Waals surface area contributed by atoms with Gasteiger partial charge in [-0.3, -0.25) is 9.48 Å². The minimum absolute atomic E-state index is 0.0899. The molecule has 1 saturated carbocycles. The highest BCUT2D eigenvalue weighted by Crippen LogP contribution is 2.46. The Kier molecular flexibility index (Phi) is 4.25. The maximum Gasteiger partial charge on any atom is 0.319 e. The average molecular weight is 369 g/mol. The molecule has 1 aliphatic carbocycles. The standard InChI is InChI=1S/C19H23N5O3/c1-13-17(25)23(2)15-5-4-14(10-16(15)27-13)22-18(26)20-11-19(6-7-19)12-24-9-3-8-21-24/h3-5,8-10,13H,6-7,11-12H2,1-2H3,(H2,20,22,26). The summed E-state index contributed by atoms with van der Waals surface area (Å²) in [4.78, 5) is 25.8. The molecule has 0 radical (unpaired) electrons. The van der Waals surface area contributed by atoms with Gasteiger partial charge in [0.05, 0.1) is 5.69 Å². The normalized spacial score (nSPS) is 19.9. The van der Waals surface area contributed by atoms with E-state index in [4.69, 9.17) is 4.74 Å². The van der Waals surface area contributed by atoms with Gasteiger partial charge in [-0.05, 0) is 38.0 Å². The maximum atomic E-state index is 12.3. The van der Waals surface area contributed by atoms with Crippen molar-refractivity contribution < 1.29 is 14.3 Å². The Morgan fingerprint density at radius 1 is 1.41 bits per heavy atom. The fourth-order valence-electron chi connectivity index (χ4n) is 3.34. The summed E-state index contributed by atoms with van der Waals surface area (Å²) < 4.78 is 7.56. The van der Waals surface area contributed by atoms with Gasteiger partial charge in [-0.25, -0.2) is 4.79 Å². The highest BCUT2D eigenvalue weighted by Gasteiger charge is 2.43. The second kappa shape index (κ2) is 6.61. The zero-order valence-corrected chi connectivity index (χ0v) is 15.4. The predicted octanol–water partition coefficient (Wildman–Crippen LogP) is 2.23. The van der Waals surface area contributed by atoms with Crippen LogP contribution in [0.3, 0.4) is 0 Å². The molecule has 1 unspecified atom stereocenters. The zero-order chi connectivity index (χ0) is 19.0. The summed E-state index contributed by atoms with van der Waals surface area (Å²) in [5.41, 5.74) is 1.42. The number of aromatic nitrogens is 2. The number of rotatable bonds is 5. The van der Waals surface area contributed by atoms with Crippen molar-refractivity contribution in [2.24, 2.45) is 5.41 Å². The Hall–Kier alpha value is -3.03. The lowest BCUT2D eigenvalue weighted by atomic mass is 10.1. The van der Waals surface area contributed by atoms with Gasteiger partial charge in [0.25, 0.3) is 5.91 Å². The lowest BCUT2D eigenvalue weighted by Crippen LogP contribution is -2.42. The molecule has 0 bridgehead atoms. The van der Waals surface area contributed by atoms with Crippen molar-refractivity contribution in [1.29, 1.82) is 0 Å². The summed E-state index contributed by atoms with van der Waals surface area (Å²) in [6, 6.07) is 6.92. The minimum atomic E-state index is -0.538. The molecule has 0 spiro atoms. The van der Waals surface area contributed by atoms with Crippen LogP contribution in [0.2, 0.25) is 0 Å². The monoisotopic (exact) mass is 369 g/mol. The number of carbonyl (C=O) groups excluding carboxylic acids is 2. The van der Waals surface area contributed by atoms with Crippen LogP contribution in [0.5, 0.6) is 5.75 Å². The maximum absolute atomic E-state index is 12.3. The molecule has 8 heteroatoms. The molecule has 142 valence electrons. The number of carbonyl (C=O) groups is 2. The summed E-state index contributed by atoms with van der Waals surface area (Å²) in [6.07, 6.45) is 5.33. The van der Waals surface area contributed by atoms with Crippen LogP contribution in [0.15, 0.2) is 36.7 Å². The number of anilines is 2. The van der Waals surface area contributed by atoms with Crippen molar-refractivity contribution in [3.63, 3.8) is 0 Å².